The summed E-state index contributed by atoms with van der Waals surface area (Å²) in [5.74, 6) is 0.379. The number of fused-ring (bicyclic) bond motifs is 1. The number of benzene rings is 3. The first-order valence-corrected chi connectivity index (χ1v) is 10.5. The number of hydrogen-bond acceptors (Lipinski definition) is 4. The number of hydrogen-bond donors (Lipinski definition) is 1. The highest BCUT2D eigenvalue weighted by Gasteiger charge is 2.18. The number of nitrogens with zero attached hydrogens (tertiary/aromatic N) is 2. The van der Waals surface area contributed by atoms with Crippen molar-refractivity contribution in [3.8, 4) is 5.75 Å². The van der Waals surface area contributed by atoms with Gasteiger partial charge in [-0.25, -0.2) is 4.98 Å². The van der Waals surface area contributed by atoms with E-state index in [0.717, 1.165) is 16.9 Å². The molecule has 0 aliphatic carbocycles. The van der Waals surface area contributed by atoms with Crippen molar-refractivity contribution in [1.82, 2.24) is 14.9 Å². The summed E-state index contributed by atoms with van der Waals surface area (Å²) in [6.45, 7) is -0.203. The maximum absolute atomic E-state index is 12.9. The van der Waals surface area contributed by atoms with E-state index in [2.05, 4.69) is 10.3 Å². The smallest absolute Gasteiger partial charge is 0.261 e. The number of methoxy groups -OCH3 is 1. The zero-order valence-corrected chi connectivity index (χ0v) is 18.6. The molecule has 1 unspecified atom stereocenters. The van der Waals surface area contributed by atoms with Crippen LogP contribution in [0.4, 0.5) is 0 Å². The van der Waals surface area contributed by atoms with Crippen LogP contribution in [-0.4, -0.2) is 22.6 Å². The molecule has 8 heteroatoms. The summed E-state index contributed by atoms with van der Waals surface area (Å²) in [7, 11) is 1.60. The maximum atomic E-state index is 12.9. The van der Waals surface area contributed by atoms with Crippen molar-refractivity contribution in [2.24, 2.45) is 0 Å². The number of aromatic nitrogens is 2. The van der Waals surface area contributed by atoms with E-state index in [0.29, 0.717) is 10.5 Å². The summed E-state index contributed by atoms with van der Waals surface area (Å²) in [5.41, 5.74) is 1.75. The number of amides is 1. The van der Waals surface area contributed by atoms with Crippen LogP contribution in [0.1, 0.15) is 17.2 Å². The molecule has 0 saturated carbocycles. The van der Waals surface area contributed by atoms with Gasteiger partial charge in [0.25, 0.3) is 5.56 Å². The Kier molecular flexibility index (Phi) is 6.44. The standard InChI is InChI=1S/C24H19Cl2N3O3/c1-32-18-9-7-16(8-10-18)22(15-5-3-2-4-6-15)28-21(30)13-29-14-27-23-19(24(29)31)11-17(25)12-20(23)26/h2-12,14,22H,13H2,1H3,(H,28,30). The lowest BCUT2D eigenvalue weighted by Gasteiger charge is -2.20. The lowest BCUT2D eigenvalue weighted by molar-refractivity contribution is -0.122. The van der Waals surface area contributed by atoms with Crippen LogP contribution in [0.2, 0.25) is 10.0 Å². The Morgan fingerprint density at radius 1 is 1.06 bits per heavy atom. The third-order valence-corrected chi connectivity index (χ3v) is 5.55. The van der Waals surface area contributed by atoms with Crippen molar-refractivity contribution >= 4 is 40.0 Å². The largest absolute Gasteiger partial charge is 0.497 e. The van der Waals surface area contributed by atoms with Gasteiger partial charge in [0.2, 0.25) is 5.91 Å². The Balaban J connectivity index is 1.63. The molecule has 0 bridgehead atoms. The second kappa shape index (κ2) is 9.42. The Hall–Kier alpha value is -3.35. The number of nitrogens with one attached hydrogen (secondary N) is 1. The fourth-order valence-corrected chi connectivity index (χ4v) is 4.01. The summed E-state index contributed by atoms with van der Waals surface area (Å²) in [4.78, 5) is 30.0. The zero-order valence-electron chi connectivity index (χ0n) is 17.1. The van der Waals surface area contributed by atoms with E-state index >= 15 is 0 Å². The summed E-state index contributed by atoms with van der Waals surface area (Å²) in [6.07, 6.45) is 1.31. The van der Waals surface area contributed by atoms with Crippen molar-refractivity contribution in [3.63, 3.8) is 0 Å². The molecule has 0 saturated heterocycles. The van der Waals surface area contributed by atoms with E-state index in [1.54, 1.807) is 7.11 Å². The van der Waals surface area contributed by atoms with E-state index in [-0.39, 0.29) is 22.9 Å². The van der Waals surface area contributed by atoms with Crippen LogP contribution < -0.4 is 15.6 Å². The van der Waals surface area contributed by atoms with Gasteiger partial charge in [-0.15, -0.1) is 0 Å². The molecule has 3 aromatic carbocycles. The molecule has 1 N–H and O–H groups in total. The molecule has 0 aliphatic rings. The van der Waals surface area contributed by atoms with Gasteiger partial charge in [0.05, 0.1) is 35.4 Å². The molecule has 0 radical (unpaired) electrons. The van der Waals surface area contributed by atoms with Crippen molar-refractivity contribution < 1.29 is 9.53 Å². The molecule has 4 aromatic rings. The summed E-state index contributed by atoms with van der Waals surface area (Å²) >= 11 is 12.2. The lowest BCUT2D eigenvalue weighted by Crippen LogP contribution is -2.35. The highest BCUT2D eigenvalue weighted by molar-refractivity contribution is 6.38. The average molecular weight is 468 g/mol. The molecule has 32 heavy (non-hydrogen) atoms. The van der Waals surface area contributed by atoms with E-state index in [9.17, 15) is 9.59 Å². The summed E-state index contributed by atoms with van der Waals surface area (Å²) < 4.78 is 6.47. The quantitative estimate of drug-likeness (QED) is 0.449. The minimum atomic E-state index is -0.400. The molecule has 0 fully saturated rings. The lowest BCUT2D eigenvalue weighted by atomic mass is 9.98. The number of carbonyl (C=O) groups is 1. The van der Waals surface area contributed by atoms with Crippen molar-refractivity contribution in [3.05, 3.63) is 105 Å². The first kappa shape index (κ1) is 21.9. The Bertz CT molecular complexity index is 1320. The molecule has 1 aromatic heterocycles. The first-order valence-electron chi connectivity index (χ1n) is 9.78. The molecule has 162 valence electrons. The van der Waals surface area contributed by atoms with Gasteiger partial charge in [-0.1, -0.05) is 65.7 Å². The second-order valence-corrected chi connectivity index (χ2v) is 7.99. The third kappa shape index (κ3) is 4.61. The van der Waals surface area contributed by atoms with E-state index in [4.69, 9.17) is 27.9 Å². The molecule has 1 heterocycles. The van der Waals surface area contributed by atoms with Gasteiger partial charge >= 0.3 is 0 Å². The van der Waals surface area contributed by atoms with Crippen LogP contribution in [0.3, 0.4) is 0 Å². The number of ether oxygens (including phenoxy) is 1. The summed E-state index contributed by atoms with van der Waals surface area (Å²) in [6, 6.07) is 19.7. The van der Waals surface area contributed by atoms with E-state index in [1.807, 2.05) is 54.6 Å². The average Bonchev–Trinajstić information content (AvgIpc) is 2.80. The first-order chi connectivity index (χ1) is 15.5. The SMILES string of the molecule is COc1ccc(C(NC(=O)Cn2cnc3c(Cl)cc(Cl)cc3c2=O)c2ccccc2)cc1. The molecule has 1 atom stereocenters. The number of halogens is 2. The highest BCUT2D eigenvalue weighted by atomic mass is 35.5. The number of rotatable bonds is 6. The van der Waals surface area contributed by atoms with Gasteiger partial charge in [-0.05, 0) is 35.4 Å². The van der Waals surface area contributed by atoms with Gasteiger partial charge in [-0.2, -0.15) is 0 Å². The molecule has 6 nitrogen and oxygen atoms in total. The fourth-order valence-electron chi connectivity index (χ4n) is 3.47. The molecule has 0 aliphatic heterocycles. The van der Waals surface area contributed by atoms with Gasteiger partial charge in [-0.3, -0.25) is 14.2 Å². The van der Waals surface area contributed by atoms with Crippen molar-refractivity contribution in [1.29, 1.82) is 0 Å². The maximum Gasteiger partial charge on any atom is 0.261 e. The van der Waals surface area contributed by atoms with Crippen LogP contribution in [-0.2, 0) is 11.3 Å². The molecule has 1 amide bonds. The Labute approximate surface area is 194 Å². The monoisotopic (exact) mass is 467 g/mol. The van der Waals surface area contributed by atoms with Gasteiger partial charge in [0.1, 0.15) is 12.3 Å². The highest BCUT2D eigenvalue weighted by Crippen LogP contribution is 2.25. The molecular formula is C24H19Cl2N3O3. The third-order valence-electron chi connectivity index (χ3n) is 5.05. The van der Waals surface area contributed by atoms with Gasteiger partial charge < -0.3 is 10.1 Å². The zero-order chi connectivity index (χ0) is 22.7. The van der Waals surface area contributed by atoms with E-state index in [1.165, 1.54) is 23.0 Å². The minimum Gasteiger partial charge on any atom is -0.497 e. The van der Waals surface area contributed by atoms with Crippen molar-refractivity contribution in [2.75, 3.05) is 7.11 Å². The van der Waals surface area contributed by atoms with Gasteiger partial charge in [0.15, 0.2) is 0 Å². The van der Waals surface area contributed by atoms with Crippen molar-refractivity contribution in [2.45, 2.75) is 12.6 Å². The molecule has 0 spiro atoms. The predicted molar refractivity (Wildman–Crippen MR) is 125 cm³/mol. The normalized spacial score (nSPS) is 11.8. The summed E-state index contributed by atoms with van der Waals surface area (Å²) in [5, 5.41) is 3.88. The topological polar surface area (TPSA) is 73.2 Å². The van der Waals surface area contributed by atoms with Crippen LogP contribution in [0.25, 0.3) is 10.9 Å². The van der Waals surface area contributed by atoms with Crippen LogP contribution in [0.15, 0.2) is 77.9 Å². The van der Waals surface area contributed by atoms with Crippen LogP contribution >= 0.6 is 23.2 Å². The second-order valence-electron chi connectivity index (χ2n) is 7.15. The minimum absolute atomic E-state index is 0.203. The number of carbonyl (C=O) groups excluding carboxylic acids is 1. The predicted octanol–water partition coefficient (Wildman–Crippen LogP) is 4.62. The van der Waals surface area contributed by atoms with Crippen LogP contribution in [0.5, 0.6) is 5.75 Å². The van der Waals surface area contributed by atoms with Crippen LogP contribution in [0, 0.1) is 0 Å². The van der Waals surface area contributed by atoms with E-state index < -0.39 is 11.6 Å². The molecule has 4 rings (SSSR count). The molecular weight excluding hydrogens is 449 g/mol. The Morgan fingerprint density at radius 2 is 1.75 bits per heavy atom. The van der Waals surface area contributed by atoms with Gasteiger partial charge in [0, 0.05) is 5.02 Å². The fraction of sp³-hybridized carbons (Fsp3) is 0.125. The Morgan fingerprint density at radius 3 is 2.44 bits per heavy atom.